The molecular formula is C28H28ClF2N. The molecule has 0 fully saturated rings. The second-order valence-electron chi connectivity index (χ2n) is 8.92. The molecule has 3 aromatic carbocycles. The summed E-state index contributed by atoms with van der Waals surface area (Å²) in [4.78, 5) is 0. The number of hydrogen-bond acceptors (Lipinski definition) is 1. The molecule has 2 atom stereocenters. The normalized spacial score (nSPS) is 20.1. The molecule has 166 valence electrons. The summed E-state index contributed by atoms with van der Waals surface area (Å²) in [6, 6.07) is 15.4. The van der Waals surface area contributed by atoms with Crippen molar-refractivity contribution < 1.29 is 8.78 Å². The van der Waals surface area contributed by atoms with Crippen LogP contribution in [0.1, 0.15) is 54.0 Å². The van der Waals surface area contributed by atoms with Crippen LogP contribution in [0.25, 0.3) is 11.1 Å². The molecule has 2 unspecified atom stereocenters. The molecule has 2 N–H and O–H groups in total. The second kappa shape index (κ2) is 8.71. The van der Waals surface area contributed by atoms with Gasteiger partial charge in [0.2, 0.25) is 0 Å². The lowest BCUT2D eigenvalue weighted by Gasteiger charge is -2.31. The van der Waals surface area contributed by atoms with Gasteiger partial charge in [0.25, 0.3) is 0 Å². The van der Waals surface area contributed by atoms with Crippen molar-refractivity contribution in [2.75, 3.05) is 0 Å². The topological polar surface area (TPSA) is 26.0 Å². The zero-order chi connectivity index (χ0) is 23.0. The fourth-order valence-electron chi connectivity index (χ4n) is 5.27. The summed E-state index contributed by atoms with van der Waals surface area (Å²) in [6.45, 7) is 6.01. The zero-order valence-electron chi connectivity index (χ0n) is 18.7. The van der Waals surface area contributed by atoms with Crippen molar-refractivity contribution in [3.63, 3.8) is 0 Å². The van der Waals surface area contributed by atoms with Crippen LogP contribution in [0.2, 0.25) is 5.02 Å². The smallest absolute Gasteiger partial charge is 0.142 e. The van der Waals surface area contributed by atoms with Crippen molar-refractivity contribution in [2.45, 2.75) is 51.4 Å². The summed E-state index contributed by atoms with van der Waals surface area (Å²) in [5, 5.41) is -0.0351. The van der Waals surface area contributed by atoms with Gasteiger partial charge in [0.05, 0.1) is 5.02 Å². The lowest BCUT2D eigenvalue weighted by atomic mass is 9.71. The molecule has 4 heteroatoms. The fourth-order valence-corrected chi connectivity index (χ4v) is 5.52. The van der Waals surface area contributed by atoms with E-state index >= 15 is 8.78 Å². The predicted molar refractivity (Wildman–Crippen MR) is 129 cm³/mol. The summed E-state index contributed by atoms with van der Waals surface area (Å²) in [5.74, 6) is -1.01. The van der Waals surface area contributed by atoms with Gasteiger partial charge in [-0.25, -0.2) is 8.78 Å². The van der Waals surface area contributed by atoms with Gasteiger partial charge in [0.15, 0.2) is 0 Å². The van der Waals surface area contributed by atoms with E-state index < -0.39 is 5.82 Å². The van der Waals surface area contributed by atoms with Crippen LogP contribution in [0.3, 0.4) is 0 Å². The van der Waals surface area contributed by atoms with Gasteiger partial charge in [-0.3, -0.25) is 0 Å². The van der Waals surface area contributed by atoms with Crippen molar-refractivity contribution in [3.8, 4) is 11.1 Å². The van der Waals surface area contributed by atoms with Gasteiger partial charge < -0.3 is 5.73 Å². The molecule has 4 rings (SSSR count). The van der Waals surface area contributed by atoms with Crippen LogP contribution in [-0.2, 0) is 18.3 Å². The third-order valence-corrected chi connectivity index (χ3v) is 7.21. The summed E-state index contributed by atoms with van der Waals surface area (Å²) < 4.78 is 30.9. The maximum absolute atomic E-state index is 15.8. The van der Waals surface area contributed by atoms with Crippen molar-refractivity contribution in [2.24, 2.45) is 5.73 Å². The van der Waals surface area contributed by atoms with E-state index in [1.165, 1.54) is 12.3 Å². The SMILES string of the molecule is CCCc1ccc(C)c(-c2c(Cl)c(F)cc3c2C(/C=C\N)C(C)(c2ccccc2)C3)c1F. The molecule has 1 aliphatic carbocycles. The monoisotopic (exact) mass is 451 g/mol. The fraction of sp³-hybridized carbons (Fsp3) is 0.286. The van der Waals surface area contributed by atoms with Gasteiger partial charge in [0, 0.05) is 22.5 Å². The van der Waals surface area contributed by atoms with Crippen LogP contribution in [0, 0.1) is 18.6 Å². The van der Waals surface area contributed by atoms with E-state index in [2.05, 4.69) is 19.1 Å². The Hall–Kier alpha value is -2.65. The summed E-state index contributed by atoms with van der Waals surface area (Å²) in [6.07, 6.45) is 5.50. The Morgan fingerprint density at radius 2 is 1.84 bits per heavy atom. The highest BCUT2D eigenvalue weighted by Crippen LogP contribution is 2.55. The van der Waals surface area contributed by atoms with Crippen LogP contribution in [0.4, 0.5) is 8.78 Å². The van der Waals surface area contributed by atoms with Crippen LogP contribution in [0.15, 0.2) is 60.8 Å². The molecule has 3 aromatic rings. The molecule has 0 saturated carbocycles. The van der Waals surface area contributed by atoms with E-state index in [1.807, 2.05) is 50.3 Å². The van der Waals surface area contributed by atoms with Crippen LogP contribution in [0.5, 0.6) is 0 Å². The lowest BCUT2D eigenvalue weighted by molar-refractivity contribution is 0.458. The molecule has 32 heavy (non-hydrogen) atoms. The number of rotatable bonds is 5. The Kier molecular flexibility index (Phi) is 6.13. The molecule has 0 saturated heterocycles. The van der Waals surface area contributed by atoms with E-state index in [4.69, 9.17) is 17.3 Å². The predicted octanol–water partition coefficient (Wildman–Crippen LogP) is 7.62. The number of hydrogen-bond donors (Lipinski definition) is 1. The largest absolute Gasteiger partial charge is 0.405 e. The number of fused-ring (bicyclic) bond motifs is 1. The molecule has 1 aliphatic rings. The number of halogens is 3. The second-order valence-corrected chi connectivity index (χ2v) is 9.30. The van der Waals surface area contributed by atoms with Gasteiger partial charge in [-0.2, -0.15) is 0 Å². The van der Waals surface area contributed by atoms with Gasteiger partial charge in [-0.15, -0.1) is 0 Å². The molecule has 0 radical (unpaired) electrons. The van der Waals surface area contributed by atoms with Crippen molar-refractivity contribution >= 4 is 11.6 Å². The Morgan fingerprint density at radius 1 is 1.12 bits per heavy atom. The zero-order valence-corrected chi connectivity index (χ0v) is 19.4. The average molecular weight is 452 g/mol. The van der Waals surface area contributed by atoms with Crippen molar-refractivity contribution in [3.05, 3.63) is 105 Å². The Morgan fingerprint density at radius 3 is 2.50 bits per heavy atom. The lowest BCUT2D eigenvalue weighted by Crippen LogP contribution is -2.26. The first-order valence-electron chi connectivity index (χ1n) is 11.1. The van der Waals surface area contributed by atoms with Gasteiger partial charge >= 0.3 is 0 Å². The number of allylic oxidation sites excluding steroid dienone is 1. The van der Waals surface area contributed by atoms with E-state index in [-0.39, 0.29) is 22.2 Å². The van der Waals surface area contributed by atoms with Gasteiger partial charge in [0.1, 0.15) is 11.6 Å². The first kappa shape index (κ1) is 22.5. The maximum Gasteiger partial charge on any atom is 0.142 e. The third-order valence-electron chi connectivity index (χ3n) is 6.84. The van der Waals surface area contributed by atoms with E-state index in [1.54, 1.807) is 0 Å². The summed E-state index contributed by atoms with van der Waals surface area (Å²) in [7, 11) is 0. The molecule has 0 bridgehead atoms. The third kappa shape index (κ3) is 3.53. The van der Waals surface area contributed by atoms with Crippen molar-refractivity contribution in [1.82, 2.24) is 0 Å². The van der Waals surface area contributed by atoms with Gasteiger partial charge in [-0.1, -0.05) is 80.4 Å². The highest BCUT2D eigenvalue weighted by atomic mass is 35.5. The number of aryl methyl sites for hydroxylation is 2. The van der Waals surface area contributed by atoms with E-state index in [0.717, 1.165) is 28.7 Å². The first-order chi connectivity index (χ1) is 15.3. The highest BCUT2D eigenvalue weighted by molar-refractivity contribution is 6.33. The standard InChI is InChI=1S/C28H28ClF2N/c1-4-8-18-12-11-17(2)23(27(18)31)25-24-19(15-22(30)26(25)29)16-28(3,21(24)13-14-32)20-9-6-5-7-10-20/h5-7,9-15,21H,4,8,16,32H2,1-3H3/b14-13-. The maximum atomic E-state index is 15.8. The Bertz CT molecular complexity index is 1190. The molecule has 0 aliphatic heterocycles. The minimum atomic E-state index is -0.520. The molecule has 0 spiro atoms. The van der Waals surface area contributed by atoms with Crippen LogP contribution >= 0.6 is 11.6 Å². The van der Waals surface area contributed by atoms with Gasteiger partial charge in [-0.05, 0) is 59.8 Å². The van der Waals surface area contributed by atoms with Crippen LogP contribution < -0.4 is 5.73 Å². The summed E-state index contributed by atoms with van der Waals surface area (Å²) >= 11 is 6.59. The highest BCUT2D eigenvalue weighted by Gasteiger charge is 2.45. The first-order valence-corrected chi connectivity index (χ1v) is 11.4. The van der Waals surface area contributed by atoms with E-state index in [0.29, 0.717) is 29.5 Å². The average Bonchev–Trinajstić information content (AvgIpc) is 3.06. The minimum Gasteiger partial charge on any atom is -0.405 e. The Balaban J connectivity index is 2.04. The van der Waals surface area contributed by atoms with Crippen LogP contribution in [-0.4, -0.2) is 0 Å². The minimum absolute atomic E-state index is 0.0351. The van der Waals surface area contributed by atoms with E-state index in [9.17, 15) is 0 Å². The quantitative estimate of drug-likeness (QED) is 0.424. The molecule has 0 aromatic heterocycles. The molecule has 1 nitrogen and oxygen atoms in total. The molecule has 0 amide bonds. The van der Waals surface area contributed by atoms with Crippen molar-refractivity contribution in [1.29, 1.82) is 0 Å². The molecular weight excluding hydrogens is 424 g/mol. The Labute approximate surface area is 193 Å². The summed E-state index contributed by atoms with van der Waals surface area (Å²) in [5.41, 5.74) is 10.6. The molecule has 0 heterocycles. The number of benzene rings is 3. The number of nitrogens with two attached hydrogens (primary N) is 1.